The fourth-order valence-electron chi connectivity index (χ4n) is 2.00. The molecule has 0 unspecified atom stereocenters. The van der Waals surface area contributed by atoms with Gasteiger partial charge < -0.3 is 5.73 Å². The second-order valence-electron chi connectivity index (χ2n) is 4.13. The summed E-state index contributed by atoms with van der Waals surface area (Å²) >= 11 is 0. The zero-order valence-electron chi connectivity index (χ0n) is 8.52. The number of nitrogens with two attached hydrogens (primary N) is 1. The predicted molar refractivity (Wildman–Crippen MR) is 54.3 cm³/mol. The topological polar surface area (TPSA) is 26.0 Å². The standard InChI is InChI=1S/C11H19F2N/c12-7-10(8-14)2-1-9-3-5-11(13)6-4-9/h7,9,11H,1-6,8,14H2/b10-7-. The molecule has 14 heavy (non-hydrogen) atoms. The average Bonchev–Trinajstić information content (AvgIpc) is 2.22. The largest absolute Gasteiger partial charge is 0.327 e. The van der Waals surface area contributed by atoms with Gasteiger partial charge in [-0.2, -0.15) is 0 Å². The molecule has 1 nitrogen and oxygen atoms in total. The summed E-state index contributed by atoms with van der Waals surface area (Å²) in [6, 6.07) is 0. The first-order valence-corrected chi connectivity index (χ1v) is 5.38. The normalized spacial score (nSPS) is 29.2. The highest BCUT2D eigenvalue weighted by Gasteiger charge is 2.20. The van der Waals surface area contributed by atoms with E-state index in [1.165, 1.54) is 0 Å². The molecule has 1 fully saturated rings. The Morgan fingerprint density at radius 2 is 1.93 bits per heavy atom. The number of rotatable bonds is 4. The summed E-state index contributed by atoms with van der Waals surface area (Å²) < 4.78 is 25.0. The number of alkyl halides is 1. The molecule has 0 atom stereocenters. The maximum Gasteiger partial charge on any atom is 0.100 e. The number of hydrogen-bond acceptors (Lipinski definition) is 1. The van der Waals surface area contributed by atoms with E-state index in [2.05, 4.69) is 0 Å². The van der Waals surface area contributed by atoms with Crippen molar-refractivity contribution in [2.24, 2.45) is 11.7 Å². The molecular formula is C11H19F2N. The first-order valence-electron chi connectivity index (χ1n) is 5.38. The van der Waals surface area contributed by atoms with Gasteiger partial charge in [0, 0.05) is 6.54 Å². The van der Waals surface area contributed by atoms with Crippen molar-refractivity contribution in [3.8, 4) is 0 Å². The Morgan fingerprint density at radius 1 is 1.29 bits per heavy atom. The van der Waals surface area contributed by atoms with Crippen LogP contribution in [0.5, 0.6) is 0 Å². The Balaban J connectivity index is 2.18. The van der Waals surface area contributed by atoms with Gasteiger partial charge in [-0.3, -0.25) is 0 Å². The van der Waals surface area contributed by atoms with E-state index in [0.717, 1.165) is 25.7 Å². The monoisotopic (exact) mass is 203 g/mol. The SMILES string of the molecule is NC/C(=C\F)CCC1CCC(F)CC1. The molecule has 0 bridgehead atoms. The van der Waals surface area contributed by atoms with Crippen molar-refractivity contribution >= 4 is 0 Å². The summed E-state index contributed by atoms with van der Waals surface area (Å²) in [4.78, 5) is 0. The molecule has 0 aromatic heterocycles. The summed E-state index contributed by atoms with van der Waals surface area (Å²) in [6.45, 7) is 0.301. The Kier molecular flexibility index (Phi) is 5.09. The average molecular weight is 203 g/mol. The van der Waals surface area contributed by atoms with Crippen molar-refractivity contribution in [1.82, 2.24) is 0 Å². The Hall–Kier alpha value is -0.440. The Morgan fingerprint density at radius 3 is 2.43 bits per heavy atom. The molecule has 2 N–H and O–H groups in total. The lowest BCUT2D eigenvalue weighted by Gasteiger charge is -2.24. The minimum atomic E-state index is -0.600. The molecule has 0 spiro atoms. The molecule has 1 aliphatic rings. The smallest absolute Gasteiger partial charge is 0.100 e. The van der Waals surface area contributed by atoms with E-state index in [9.17, 15) is 8.78 Å². The Bertz CT molecular complexity index is 184. The minimum absolute atomic E-state index is 0.301. The van der Waals surface area contributed by atoms with Crippen LogP contribution in [0.1, 0.15) is 38.5 Å². The molecule has 1 rings (SSSR count). The molecule has 0 radical (unpaired) electrons. The fourth-order valence-corrected chi connectivity index (χ4v) is 2.00. The molecule has 82 valence electrons. The zero-order chi connectivity index (χ0) is 10.4. The van der Waals surface area contributed by atoms with Gasteiger partial charge in [0.25, 0.3) is 0 Å². The minimum Gasteiger partial charge on any atom is -0.327 e. The lowest BCUT2D eigenvalue weighted by atomic mass is 9.84. The summed E-state index contributed by atoms with van der Waals surface area (Å²) in [6.07, 6.45) is 4.97. The van der Waals surface area contributed by atoms with Gasteiger partial charge in [-0.15, -0.1) is 0 Å². The van der Waals surface area contributed by atoms with Gasteiger partial charge in [0.15, 0.2) is 0 Å². The summed E-state index contributed by atoms with van der Waals surface area (Å²) in [7, 11) is 0. The summed E-state index contributed by atoms with van der Waals surface area (Å²) in [5.41, 5.74) is 6.03. The molecule has 1 aliphatic carbocycles. The Labute approximate surface area is 84.4 Å². The molecule has 0 aliphatic heterocycles. The third-order valence-electron chi connectivity index (χ3n) is 3.07. The van der Waals surface area contributed by atoms with Crippen LogP contribution in [0.3, 0.4) is 0 Å². The highest BCUT2D eigenvalue weighted by Crippen LogP contribution is 2.30. The van der Waals surface area contributed by atoms with Gasteiger partial charge in [-0.1, -0.05) is 0 Å². The van der Waals surface area contributed by atoms with E-state index >= 15 is 0 Å². The second kappa shape index (κ2) is 6.12. The van der Waals surface area contributed by atoms with E-state index in [1.807, 2.05) is 0 Å². The van der Waals surface area contributed by atoms with E-state index in [1.54, 1.807) is 0 Å². The highest BCUT2D eigenvalue weighted by atomic mass is 19.1. The van der Waals surface area contributed by atoms with Crippen LogP contribution in [0.15, 0.2) is 11.9 Å². The van der Waals surface area contributed by atoms with Crippen LogP contribution < -0.4 is 5.73 Å². The quantitative estimate of drug-likeness (QED) is 0.746. The van der Waals surface area contributed by atoms with Crippen LogP contribution in [0, 0.1) is 5.92 Å². The molecule has 0 amide bonds. The van der Waals surface area contributed by atoms with Gasteiger partial charge in [0.2, 0.25) is 0 Å². The van der Waals surface area contributed by atoms with Crippen LogP contribution in [0.25, 0.3) is 0 Å². The van der Waals surface area contributed by atoms with Crippen LogP contribution in [-0.2, 0) is 0 Å². The first-order chi connectivity index (χ1) is 6.76. The second-order valence-corrected chi connectivity index (χ2v) is 4.13. The molecular weight excluding hydrogens is 184 g/mol. The van der Waals surface area contributed by atoms with Crippen molar-refractivity contribution in [1.29, 1.82) is 0 Å². The van der Waals surface area contributed by atoms with Gasteiger partial charge in [-0.05, 0) is 50.0 Å². The summed E-state index contributed by atoms with van der Waals surface area (Å²) in [5.74, 6) is 0.573. The van der Waals surface area contributed by atoms with E-state index in [0.29, 0.717) is 37.2 Å². The van der Waals surface area contributed by atoms with Crippen LogP contribution in [0.2, 0.25) is 0 Å². The molecule has 3 heteroatoms. The molecule has 0 aromatic carbocycles. The number of hydrogen-bond donors (Lipinski definition) is 1. The third-order valence-corrected chi connectivity index (χ3v) is 3.07. The fraction of sp³-hybridized carbons (Fsp3) is 0.818. The molecule has 0 aromatic rings. The summed E-state index contributed by atoms with van der Waals surface area (Å²) in [5, 5.41) is 0. The van der Waals surface area contributed by atoms with E-state index in [4.69, 9.17) is 5.73 Å². The van der Waals surface area contributed by atoms with Crippen LogP contribution >= 0.6 is 0 Å². The van der Waals surface area contributed by atoms with Crippen LogP contribution in [0.4, 0.5) is 8.78 Å². The van der Waals surface area contributed by atoms with Crippen molar-refractivity contribution in [3.63, 3.8) is 0 Å². The van der Waals surface area contributed by atoms with Crippen molar-refractivity contribution in [3.05, 3.63) is 11.9 Å². The first kappa shape index (κ1) is 11.6. The predicted octanol–water partition coefficient (Wildman–Crippen LogP) is 3.11. The van der Waals surface area contributed by atoms with Crippen molar-refractivity contribution in [2.75, 3.05) is 6.54 Å². The lowest BCUT2D eigenvalue weighted by Crippen LogP contribution is -2.15. The van der Waals surface area contributed by atoms with E-state index < -0.39 is 6.17 Å². The van der Waals surface area contributed by atoms with Gasteiger partial charge >= 0.3 is 0 Å². The van der Waals surface area contributed by atoms with Gasteiger partial charge in [0.05, 0.1) is 6.33 Å². The maximum atomic E-state index is 12.8. The van der Waals surface area contributed by atoms with Crippen molar-refractivity contribution < 1.29 is 8.78 Å². The van der Waals surface area contributed by atoms with Crippen molar-refractivity contribution in [2.45, 2.75) is 44.7 Å². The maximum absolute atomic E-state index is 12.8. The molecule has 1 saturated carbocycles. The molecule has 0 heterocycles. The van der Waals surface area contributed by atoms with E-state index in [-0.39, 0.29) is 0 Å². The highest BCUT2D eigenvalue weighted by molar-refractivity contribution is 4.99. The lowest BCUT2D eigenvalue weighted by molar-refractivity contribution is 0.201. The third kappa shape index (κ3) is 3.74. The zero-order valence-corrected chi connectivity index (χ0v) is 8.52. The van der Waals surface area contributed by atoms with Crippen LogP contribution in [-0.4, -0.2) is 12.7 Å². The molecule has 0 saturated heterocycles. The number of halogens is 2. The van der Waals surface area contributed by atoms with Gasteiger partial charge in [0.1, 0.15) is 6.17 Å². The van der Waals surface area contributed by atoms with Gasteiger partial charge in [-0.25, -0.2) is 8.78 Å².